The summed E-state index contributed by atoms with van der Waals surface area (Å²) < 4.78 is 31.7. The molecule has 0 spiro atoms. The zero-order valence-electron chi connectivity index (χ0n) is 32.5. The number of carbonyl (C=O) groups is 3. The first-order valence-electron chi connectivity index (χ1n) is 20.7. The van der Waals surface area contributed by atoms with Crippen LogP contribution in [0.5, 0.6) is 0 Å². The predicted molar refractivity (Wildman–Crippen MR) is 216 cm³/mol. The summed E-state index contributed by atoms with van der Waals surface area (Å²) in [4.78, 5) is 60.5. The Morgan fingerprint density at radius 3 is 2.29 bits per heavy atom. The van der Waals surface area contributed by atoms with E-state index in [1.165, 1.54) is 22.9 Å². The van der Waals surface area contributed by atoms with Crippen molar-refractivity contribution in [1.82, 2.24) is 30.1 Å². The Morgan fingerprint density at radius 2 is 1.55 bits per heavy atom. The van der Waals surface area contributed by atoms with E-state index in [-0.39, 0.29) is 65.1 Å². The normalized spacial score (nSPS) is 24.5. The zero-order valence-corrected chi connectivity index (χ0v) is 32.5. The fraction of sp³-hybridized carbons (Fsp3) is 0.455. The van der Waals surface area contributed by atoms with E-state index in [1.807, 2.05) is 12.1 Å². The van der Waals surface area contributed by atoms with Crippen LogP contribution in [0.4, 0.5) is 20.4 Å². The first kappa shape index (κ1) is 39.3. The second-order valence-corrected chi connectivity index (χ2v) is 16.3. The molecule has 0 unspecified atom stereocenters. The predicted octanol–water partition coefficient (Wildman–Crippen LogP) is 6.07. The van der Waals surface area contributed by atoms with Crippen molar-refractivity contribution in [2.45, 2.75) is 107 Å². The van der Waals surface area contributed by atoms with Crippen LogP contribution in [0.2, 0.25) is 0 Å². The summed E-state index contributed by atoms with van der Waals surface area (Å²) in [5, 5.41) is 12.1. The quantitative estimate of drug-likeness (QED) is 0.141. The number of anilines is 2. The van der Waals surface area contributed by atoms with Crippen LogP contribution in [0.15, 0.2) is 77.9 Å². The van der Waals surface area contributed by atoms with Gasteiger partial charge in [-0.1, -0.05) is 24.3 Å². The molecule has 3 amide bonds. The molecule has 4 N–H and O–H groups in total. The molecule has 2 aromatic carbocycles. The summed E-state index contributed by atoms with van der Waals surface area (Å²) in [6, 6.07) is 17.2. The Balaban J connectivity index is 0.760. The number of aromatic nitrogens is 3. The number of hydrogen-bond acceptors (Lipinski definition) is 9. The molecule has 0 bridgehead atoms. The maximum absolute atomic E-state index is 15.3. The van der Waals surface area contributed by atoms with Crippen LogP contribution in [-0.4, -0.2) is 74.4 Å². The number of hydrogen-bond donors (Lipinski definition) is 4. The Labute approximate surface area is 336 Å². The fourth-order valence-electron chi connectivity index (χ4n) is 9.23. The van der Waals surface area contributed by atoms with Gasteiger partial charge in [0.2, 0.25) is 23.7 Å². The van der Waals surface area contributed by atoms with E-state index >= 15 is 4.39 Å². The van der Waals surface area contributed by atoms with Crippen LogP contribution in [0.1, 0.15) is 88.5 Å². The summed E-state index contributed by atoms with van der Waals surface area (Å²) in [7, 11) is 0. The number of piperidine rings is 2. The van der Waals surface area contributed by atoms with Crippen LogP contribution in [-0.2, 0) is 14.4 Å². The Morgan fingerprint density at radius 1 is 0.776 bits per heavy atom. The number of amides is 3. The molecule has 1 atom stereocenters. The highest BCUT2D eigenvalue weighted by Crippen LogP contribution is 2.36. The van der Waals surface area contributed by atoms with Crippen molar-refractivity contribution in [2.24, 2.45) is 5.92 Å². The van der Waals surface area contributed by atoms with Crippen molar-refractivity contribution in [3.8, 4) is 16.9 Å². The lowest BCUT2D eigenvalue weighted by Crippen LogP contribution is -2.47. The fourth-order valence-corrected chi connectivity index (χ4v) is 9.23. The number of rotatable bonds is 10. The lowest BCUT2D eigenvalue weighted by Gasteiger charge is -2.41. The standard InChI is InChI=1S/C44H50F2N8O4/c45-36-25-32(48-38-17-18-39(55)51-43(38)58)13-16-35(36)27-19-22-53(23-20-27)33-14-7-28(8-15-33)42(57)49-30-9-11-31(12-10-30)50-44-47-26-37(46)41(52-44)29-4-3-5-34(24-29)54-21-2-1-6-40(54)56/h1-6,13,16,21,24-28,30-31,33,38,48H,7-12,14-15,17-20,22-23H2,(H,49,57)(H,47,50,52)(H,51,55,58)/t28?,30?,31?,33?,38-/m1/s1. The molecule has 4 heterocycles. The van der Waals surface area contributed by atoms with Crippen molar-refractivity contribution in [3.05, 3.63) is 101 Å². The average Bonchev–Trinajstić information content (AvgIpc) is 3.24. The average molecular weight is 793 g/mol. The van der Waals surface area contributed by atoms with Gasteiger partial charge in [0.25, 0.3) is 5.56 Å². The largest absolute Gasteiger partial charge is 0.374 e. The maximum atomic E-state index is 15.3. The SMILES string of the molecule is O=C1CC[C@@H](Nc2ccc(C3CCN(C4CCC(C(=O)NC5CCC(Nc6ncc(F)c(-c7cccc(-n8ccccc8=O)c7)n6)CC5)CC4)CC3)c(F)c2)C(=O)N1. The minimum atomic E-state index is -0.551. The number of carbonyl (C=O) groups excluding carboxylic acids is 3. The third-order valence-corrected chi connectivity index (χ3v) is 12.5. The van der Waals surface area contributed by atoms with Crippen molar-refractivity contribution in [2.75, 3.05) is 23.7 Å². The van der Waals surface area contributed by atoms with Gasteiger partial charge in [-0.25, -0.2) is 18.7 Å². The molecule has 2 aliphatic carbocycles. The van der Waals surface area contributed by atoms with Crippen molar-refractivity contribution >= 4 is 29.4 Å². The molecule has 8 rings (SSSR count). The van der Waals surface area contributed by atoms with E-state index in [2.05, 4.69) is 36.1 Å². The van der Waals surface area contributed by atoms with Gasteiger partial charge in [-0.2, -0.15) is 0 Å². The van der Waals surface area contributed by atoms with Crippen molar-refractivity contribution < 1.29 is 23.2 Å². The van der Waals surface area contributed by atoms with Gasteiger partial charge < -0.3 is 20.9 Å². The van der Waals surface area contributed by atoms with E-state index in [0.717, 1.165) is 77.3 Å². The minimum Gasteiger partial charge on any atom is -0.374 e. The van der Waals surface area contributed by atoms with Crippen LogP contribution in [0, 0.1) is 17.6 Å². The second kappa shape index (κ2) is 17.6. The lowest BCUT2D eigenvalue weighted by atomic mass is 9.82. The highest BCUT2D eigenvalue weighted by Gasteiger charge is 2.34. The van der Waals surface area contributed by atoms with E-state index < -0.39 is 11.9 Å². The van der Waals surface area contributed by atoms with Crippen LogP contribution < -0.4 is 26.8 Å². The Kier molecular flexibility index (Phi) is 11.9. The molecule has 2 saturated carbocycles. The third-order valence-electron chi connectivity index (χ3n) is 12.5. The Hall–Kier alpha value is -5.50. The molecule has 2 aromatic heterocycles. The molecular formula is C44H50F2N8O4. The number of likely N-dealkylation sites (tertiary alicyclic amines) is 1. The van der Waals surface area contributed by atoms with E-state index in [9.17, 15) is 23.6 Å². The van der Waals surface area contributed by atoms with Crippen LogP contribution >= 0.6 is 0 Å². The summed E-state index contributed by atoms with van der Waals surface area (Å²) in [6.45, 7) is 1.79. The van der Waals surface area contributed by atoms with Crippen molar-refractivity contribution in [3.63, 3.8) is 0 Å². The number of halogens is 2. The van der Waals surface area contributed by atoms with E-state index in [0.29, 0.717) is 40.9 Å². The van der Waals surface area contributed by atoms with Gasteiger partial charge in [0.05, 0.1) is 6.20 Å². The van der Waals surface area contributed by atoms with E-state index in [4.69, 9.17) is 0 Å². The number of nitrogens with zero attached hydrogens (tertiary/aromatic N) is 4. The highest BCUT2D eigenvalue weighted by atomic mass is 19.1. The Bertz CT molecular complexity index is 2190. The van der Waals surface area contributed by atoms with Crippen molar-refractivity contribution in [1.29, 1.82) is 0 Å². The topological polar surface area (TPSA) is 150 Å². The van der Waals surface area contributed by atoms with Gasteiger partial charge in [-0.15, -0.1) is 0 Å². The summed E-state index contributed by atoms with van der Waals surface area (Å²) in [6.07, 6.45) is 12.2. The number of benzene rings is 2. The lowest BCUT2D eigenvalue weighted by molar-refractivity contribution is -0.133. The monoisotopic (exact) mass is 792 g/mol. The van der Waals surface area contributed by atoms with Crippen LogP contribution in [0.25, 0.3) is 16.9 Å². The van der Waals surface area contributed by atoms with Gasteiger partial charge in [0.15, 0.2) is 5.82 Å². The van der Waals surface area contributed by atoms with Gasteiger partial charge in [0.1, 0.15) is 17.6 Å². The van der Waals surface area contributed by atoms with Gasteiger partial charge in [0, 0.05) is 59.7 Å². The molecular weight excluding hydrogens is 743 g/mol. The zero-order chi connectivity index (χ0) is 40.2. The van der Waals surface area contributed by atoms with E-state index in [1.54, 1.807) is 42.6 Å². The molecule has 14 heteroatoms. The molecule has 2 aliphatic heterocycles. The third kappa shape index (κ3) is 9.12. The molecule has 4 fully saturated rings. The number of imide groups is 1. The molecule has 304 valence electrons. The minimum absolute atomic E-state index is 0.0103. The first-order valence-corrected chi connectivity index (χ1v) is 20.7. The summed E-state index contributed by atoms with van der Waals surface area (Å²) in [5.74, 6) is -0.854. The molecule has 4 aliphatic rings. The molecule has 2 saturated heterocycles. The smallest absolute Gasteiger partial charge is 0.255 e. The number of pyridine rings is 1. The molecule has 4 aromatic rings. The number of nitrogens with one attached hydrogen (secondary N) is 4. The van der Waals surface area contributed by atoms with Crippen LogP contribution in [0.3, 0.4) is 0 Å². The second-order valence-electron chi connectivity index (χ2n) is 16.3. The highest BCUT2D eigenvalue weighted by molar-refractivity contribution is 6.01. The molecule has 58 heavy (non-hydrogen) atoms. The molecule has 0 radical (unpaired) electrons. The maximum Gasteiger partial charge on any atom is 0.255 e. The summed E-state index contributed by atoms with van der Waals surface area (Å²) in [5.41, 5.74) is 2.37. The van der Waals surface area contributed by atoms with Gasteiger partial charge >= 0.3 is 0 Å². The first-order chi connectivity index (χ1) is 28.2. The summed E-state index contributed by atoms with van der Waals surface area (Å²) >= 11 is 0. The van der Waals surface area contributed by atoms with Gasteiger partial charge in [-0.05, 0) is 126 Å². The molecule has 12 nitrogen and oxygen atoms in total. The van der Waals surface area contributed by atoms with Gasteiger partial charge in [-0.3, -0.25) is 29.1 Å².